The van der Waals surface area contributed by atoms with Crippen LogP contribution < -0.4 is 5.32 Å². The van der Waals surface area contributed by atoms with Gasteiger partial charge < -0.3 is 5.32 Å². The van der Waals surface area contributed by atoms with Crippen LogP contribution in [0.3, 0.4) is 0 Å². The zero-order valence-electron chi connectivity index (χ0n) is 12.9. The molecule has 3 nitrogen and oxygen atoms in total. The molecule has 0 aromatic carbocycles. The van der Waals surface area contributed by atoms with Crippen molar-refractivity contribution in [3.63, 3.8) is 0 Å². The lowest BCUT2D eigenvalue weighted by atomic mass is 9.70. The van der Waals surface area contributed by atoms with Crippen LogP contribution in [0.25, 0.3) is 0 Å². The Morgan fingerprint density at radius 2 is 2.11 bits per heavy atom. The van der Waals surface area contributed by atoms with Gasteiger partial charge >= 0.3 is 0 Å². The number of rotatable bonds is 4. The zero-order valence-corrected chi connectivity index (χ0v) is 13.7. The van der Waals surface area contributed by atoms with Crippen molar-refractivity contribution < 1.29 is 0 Å². The summed E-state index contributed by atoms with van der Waals surface area (Å²) >= 11 is 1.72. The van der Waals surface area contributed by atoms with Crippen LogP contribution in [0.4, 0.5) is 5.13 Å². The number of hydrogen-bond acceptors (Lipinski definition) is 4. The van der Waals surface area contributed by atoms with Crippen LogP contribution in [-0.2, 0) is 6.42 Å². The van der Waals surface area contributed by atoms with Gasteiger partial charge in [0.05, 0.1) is 0 Å². The van der Waals surface area contributed by atoms with Crippen LogP contribution in [0.5, 0.6) is 0 Å². The molecule has 4 heteroatoms. The van der Waals surface area contributed by atoms with Gasteiger partial charge in [0.1, 0.15) is 5.01 Å². The fourth-order valence-electron chi connectivity index (χ4n) is 3.06. The summed E-state index contributed by atoms with van der Waals surface area (Å²) in [5.41, 5.74) is 0.502. The first kappa shape index (κ1) is 14.8. The quantitative estimate of drug-likeness (QED) is 0.891. The molecular formula is C15H27N3S. The highest BCUT2D eigenvalue weighted by Crippen LogP contribution is 2.39. The molecule has 1 aromatic rings. The van der Waals surface area contributed by atoms with Crippen molar-refractivity contribution in [1.82, 2.24) is 10.2 Å². The standard InChI is InChI=1S/C15H27N3S/c1-10(2)8-13-17-18-14(19-13)16-12-6-7-15(4,5)9-11(12)3/h10-12H,6-9H2,1-5H3,(H,16,18). The molecule has 2 rings (SSSR count). The second kappa shape index (κ2) is 5.78. The first-order valence-electron chi connectivity index (χ1n) is 7.44. The average Bonchev–Trinajstić information content (AvgIpc) is 2.68. The first-order chi connectivity index (χ1) is 8.85. The molecule has 0 radical (unpaired) electrons. The van der Waals surface area contributed by atoms with Crippen molar-refractivity contribution in [1.29, 1.82) is 0 Å². The van der Waals surface area contributed by atoms with E-state index in [0.717, 1.165) is 16.6 Å². The second-order valence-electron chi connectivity index (χ2n) is 7.23. The smallest absolute Gasteiger partial charge is 0.205 e. The molecule has 1 saturated carbocycles. The number of nitrogens with zero attached hydrogens (tertiary/aromatic N) is 2. The minimum Gasteiger partial charge on any atom is -0.357 e. The van der Waals surface area contributed by atoms with Crippen LogP contribution in [0.1, 0.15) is 58.9 Å². The minimum atomic E-state index is 0.502. The molecule has 0 amide bonds. The van der Waals surface area contributed by atoms with E-state index in [1.165, 1.54) is 19.3 Å². The molecule has 0 bridgehead atoms. The van der Waals surface area contributed by atoms with Gasteiger partial charge in [-0.3, -0.25) is 0 Å². The van der Waals surface area contributed by atoms with Gasteiger partial charge in [-0.25, -0.2) is 0 Å². The highest BCUT2D eigenvalue weighted by molar-refractivity contribution is 7.15. The van der Waals surface area contributed by atoms with Gasteiger partial charge in [0.2, 0.25) is 5.13 Å². The summed E-state index contributed by atoms with van der Waals surface area (Å²) in [5.74, 6) is 1.36. The topological polar surface area (TPSA) is 37.8 Å². The Labute approximate surface area is 121 Å². The Balaban J connectivity index is 1.92. The van der Waals surface area contributed by atoms with E-state index in [1.54, 1.807) is 11.3 Å². The van der Waals surface area contributed by atoms with Gasteiger partial charge in [-0.2, -0.15) is 0 Å². The summed E-state index contributed by atoms with van der Waals surface area (Å²) in [7, 11) is 0. The molecule has 108 valence electrons. The maximum absolute atomic E-state index is 4.29. The molecule has 19 heavy (non-hydrogen) atoms. The number of anilines is 1. The highest BCUT2D eigenvalue weighted by Gasteiger charge is 2.32. The summed E-state index contributed by atoms with van der Waals surface area (Å²) in [5, 5.41) is 14.3. The molecule has 1 fully saturated rings. The molecular weight excluding hydrogens is 254 g/mol. The summed E-state index contributed by atoms with van der Waals surface area (Å²) in [4.78, 5) is 0. The van der Waals surface area contributed by atoms with E-state index in [2.05, 4.69) is 50.1 Å². The Bertz CT molecular complexity index is 411. The van der Waals surface area contributed by atoms with Crippen LogP contribution in [0, 0.1) is 17.3 Å². The maximum Gasteiger partial charge on any atom is 0.205 e. The van der Waals surface area contributed by atoms with E-state index in [9.17, 15) is 0 Å². The van der Waals surface area contributed by atoms with Crippen molar-refractivity contribution in [2.24, 2.45) is 17.3 Å². The molecule has 1 aliphatic rings. The molecule has 0 saturated heterocycles. The van der Waals surface area contributed by atoms with Gasteiger partial charge in [-0.1, -0.05) is 46.0 Å². The van der Waals surface area contributed by atoms with Gasteiger partial charge in [-0.05, 0) is 36.5 Å². The molecule has 1 aromatic heterocycles. The summed E-state index contributed by atoms with van der Waals surface area (Å²) < 4.78 is 0. The van der Waals surface area contributed by atoms with Gasteiger partial charge in [-0.15, -0.1) is 10.2 Å². The Hall–Kier alpha value is -0.640. The molecule has 1 heterocycles. The third kappa shape index (κ3) is 4.16. The highest BCUT2D eigenvalue weighted by atomic mass is 32.1. The third-order valence-corrected chi connectivity index (χ3v) is 4.93. The van der Waals surface area contributed by atoms with Crippen LogP contribution in [0.15, 0.2) is 0 Å². The zero-order chi connectivity index (χ0) is 14.0. The molecule has 2 unspecified atom stereocenters. The largest absolute Gasteiger partial charge is 0.357 e. The number of hydrogen-bond donors (Lipinski definition) is 1. The Morgan fingerprint density at radius 3 is 2.74 bits per heavy atom. The Kier molecular flexibility index (Phi) is 4.49. The van der Waals surface area contributed by atoms with E-state index in [0.29, 0.717) is 23.3 Å². The minimum absolute atomic E-state index is 0.502. The van der Waals surface area contributed by atoms with Crippen LogP contribution in [0.2, 0.25) is 0 Å². The van der Waals surface area contributed by atoms with Crippen molar-refractivity contribution >= 4 is 16.5 Å². The molecule has 2 atom stereocenters. The fourth-order valence-corrected chi connectivity index (χ4v) is 4.08. The van der Waals surface area contributed by atoms with Crippen LogP contribution in [-0.4, -0.2) is 16.2 Å². The van der Waals surface area contributed by atoms with Crippen molar-refractivity contribution in [2.45, 2.75) is 66.3 Å². The van der Waals surface area contributed by atoms with E-state index < -0.39 is 0 Å². The maximum atomic E-state index is 4.29. The lowest BCUT2D eigenvalue weighted by Gasteiger charge is -2.39. The van der Waals surface area contributed by atoms with Gasteiger partial charge in [0.15, 0.2) is 0 Å². The summed E-state index contributed by atoms with van der Waals surface area (Å²) in [6.07, 6.45) is 4.87. The molecule has 0 spiro atoms. The fraction of sp³-hybridized carbons (Fsp3) is 0.867. The van der Waals surface area contributed by atoms with E-state index in [4.69, 9.17) is 0 Å². The van der Waals surface area contributed by atoms with Crippen molar-refractivity contribution in [3.05, 3.63) is 5.01 Å². The predicted octanol–water partition coefficient (Wildman–Crippen LogP) is 4.36. The normalized spacial score (nSPS) is 26.6. The predicted molar refractivity (Wildman–Crippen MR) is 82.7 cm³/mol. The van der Waals surface area contributed by atoms with E-state index in [-0.39, 0.29) is 0 Å². The van der Waals surface area contributed by atoms with Crippen molar-refractivity contribution in [3.8, 4) is 0 Å². The molecule has 0 aliphatic heterocycles. The Morgan fingerprint density at radius 1 is 1.37 bits per heavy atom. The number of nitrogens with one attached hydrogen (secondary N) is 1. The lowest BCUT2D eigenvalue weighted by molar-refractivity contribution is 0.177. The lowest BCUT2D eigenvalue weighted by Crippen LogP contribution is -2.36. The third-order valence-electron chi connectivity index (χ3n) is 4.05. The van der Waals surface area contributed by atoms with Gasteiger partial charge in [0, 0.05) is 12.5 Å². The van der Waals surface area contributed by atoms with E-state index >= 15 is 0 Å². The summed E-state index contributed by atoms with van der Waals surface area (Å²) in [6, 6.07) is 0.563. The van der Waals surface area contributed by atoms with E-state index in [1.807, 2.05) is 0 Å². The average molecular weight is 281 g/mol. The van der Waals surface area contributed by atoms with Crippen molar-refractivity contribution in [2.75, 3.05) is 5.32 Å². The molecule has 1 aliphatic carbocycles. The second-order valence-corrected chi connectivity index (χ2v) is 8.30. The van der Waals surface area contributed by atoms with Gasteiger partial charge in [0.25, 0.3) is 0 Å². The SMILES string of the molecule is CC(C)Cc1nnc(NC2CCC(C)(C)CC2C)s1. The van der Waals surface area contributed by atoms with Crippen LogP contribution >= 0.6 is 11.3 Å². The summed E-state index contributed by atoms with van der Waals surface area (Å²) in [6.45, 7) is 11.6. The molecule has 1 N–H and O–H groups in total. The first-order valence-corrected chi connectivity index (χ1v) is 8.26. The number of aromatic nitrogens is 2. The monoisotopic (exact) mass is 281 g/mol.